The molecule has 0 aliphatic carbocycles. The lowest BCUT2D eigenvalue weighted by Crippen LogP contribution is -2.47. The minimum Gasteiger partial charge on any atom is -0.496 e. The number of rotatable bonds is 7. The number of urea groups is 1. The van der Waals surface area contributed by atoms with E-state index in [1.807, 2.05) is 24.3 Å². The van der Waals surface area contributed by atoms with Gasteiger partial charge in [0.2, 0.25) is 0 Å². The molecule has 0 saturated heterocycles. The van der Waals surface area contributed by atoms with E-state index in [0.717, 1.165) is 11.3 Å². The van der Waals surface area contributed by atoms with E-state index in [0.29, 0.717) is 18.9 Å². The van der Waals surface area contributed by atoms with Crippen LogP contribution in [0.4, 0.5) is 4.79 Å². The highest BCUT2D eigenvalue weighted by Gasteiger charge is 2.20. The van der Waals surface area contributed by atoms with E-state index in [9.17, 15) is 4.79 Å². The number of nitrogens with zero attached hydrogens (tertiary/aromatic N) is 1. The quantitative estimate of drug-likeness (QED) is 0.807. The van der Waals surface area contributed by atoms with Crippen LogP contribution >= 0.6 is 0 Å². The molecule has 2 amide bonds. The Labute approximate surface area is 126 Å². The SMILES string of the molecule is COc1ccccc1CC(NC(=O)N(C)CCO)C(C)C. The Kier molecular flexibility index (Phi) is 7.02. The average molecular weight is 294 g/mol. The van der Waals surface area contributed by atoms with Gasteiger partial charge in [0, 0.05) is 19.6 Å². The lowest BCUT2D eigenvalue weighted by atomic mass is 9.96. The van der Waals surface area contributed by atoms with E-state index in [4.69, 9.17) is 9.84 Å². The molecule has 5 heteroatoms. The number of methoxy groups -OCH3 is 1. The molecular weight excluding hydrogens is 268 g/mol. The number of carbonyl (C=O) groups is 1. The smallest absolute Gasteiger partial charge is 0.317 e. The maximum atomic E-state index is 12.1. The third-order valence-electron chi connectivity index (χ3n) is 3.53. The number of ether oxygens (including phenoxy) is 1. The molecule has 0 fully saturated rings. The molecule has 0 spiro atoms. The maximum Gasteiger partial charge on any atom is 0.317 e. The van der Waals surface area contributed by atoms with Crippen LogP contribution in [-0.4, -0.2) is 49.4 Å². The number of aliphatic hydroxyl groups is 1. The average Bonchev–Trinajstić information content (AvgIpc) is 2.47. The highest BCUT2D eigenvalue weighted by molar-refractivity contribution is 5.74. The normalized spacial score (nSPS) is 12.1. The number of para-hydroxylation sites is 1. The van der Waals surface area contributed by atoms with Crippen molar-refractivity contribution in [3.63, 3.8) is 0 Å². The number of hydrogen-bond donors (Lipinski definition) is 2. The lowest BCUT2D eigenvalue weighted by molar-refractivity contribution is 0.184. The second kappa shape index (κ2) is 8.52. The number of benzene rings is 1. The first-order chi connectivity index (χ1) is 9.99. The summed E-state index contributed by atoms with van der Waals surface area (Å²) in [7, 11) is 3.32. The van der Waals surface area contributed by atoms with E-state index in [1.165, 1.54) is 4.90 Å². The van der Waals surface area contributed by atoms with Gasteiger partial charge < -0.3 is 20.1 Å². The molecule has 21 heavy (non-hydrogen) atoms. The van der Waals surface area contributed by atoms with Gasteiger partial charge in [-0.2, -0.15) is 0 Å². The summed E-state index contributed by atoms with van der Waals surface area (Å²) in [5, 5.41) is 11.9. The van der Waals surface area contributed by atoms with Gasteiger partial charge in [-0.25, -0.2) is 4.79 Å². The van der Waals surface area contributed by atoms with Gasteiger partial charge in [0.1, 0.15) is 5.75 Å². The molecule has 1 rings (SSSR count). The number of likely N-dealkylation sites (N-methyl/N-ethyl adjacent to an activating group) is 1. The summed E-state index contributed by atoms with van der Waals surface area (Å²) in [4.78, 5) is 13.5. The predicted molar refractivity (Wildman–Crippen MR) is 83.6 cm³/mol. The molecule has 1 aromatic rings. The van der Waals surface area contributed by atoms with E-state index in [-0.39, 0.29) is 18.7 Å². The van der Waals surface area contributed by atoms with Crippen LogP contribution in [0.1, 0.15) is 19.4 Å². The topological polar surface area (TPSA) is 61.8 Å². The maximum absolute atomic E-state index is 12.1. The molecule has 0 saturated carbocycles. The van der Waals surface area contributed by atoms with Crippen LogP contribution in [-0.2, 0) is 6.42 Å². The Bertz CT molecular complexity index is 449. The van der Waals surface area contributed by atoms with Crippen molar-refractivity contribution in [3.8, 4) is 5.75 Å². The van der Waals surface area contributed by atoms with Crippen molar-refractivity contribution >= 4 is 6.03 Å². The van der Waals surface area contributed by atoms with E-state index < -0.39 is 0 Å². The highest BCUT2D eigenvalue weighted by atomic mass is 16.5. The number of nitrogens with one attached hydrogen (secondary N) is 1. The molecule has 0 aliphatic rings. The highest BCUT2D eigenvalue weighted by Crippen LogP contribution is 2.21. The summed E-state index contributed by atoms with van der Waals surface area (Å²) < 4.78 is 5.36. The lowest BCUT2D eigenvalue weighted by Gasteiger charge is -2.26. The molecule has 0 bridgehead atoms. The third kappa shape index (κ3) is 5.27. The fraction of sp³-hybridized carbons (Fsp3) is 0.562. The molecule has 118 valence electrons. The van der Waals surface area contributed by atoms with Gasteiger partial charge in [-0.1, -0.05) is 32.0 Å². The van der Waals surface area contributed by atoms with Crippen molar-refractivity contribution in [2.75, 3.05) is 27.3 Å². The van der Waals surface area contributed by atoms with Gasteiger partial charge in [0.05, 0.1) is 13.7 Å². The second-order valence-electron chi connectivity index (χ2n) is 5.46. The largest absolute Gasteiger partial charge is 0.496 e. The van der Waals surface area contributed by atoms with E-state index >= 15 is 0 Å². The fourth-order valence-corrected chi connectivity index (χ4v) is 2.08. The van der Waals surface area contributed by atoms with Crippen molar-refractivity contribution in [3.05, 3.63) is 29.8 Å². The second-order valence-corrected chi connectivity index (χ2v) is 5.46. The third-order valence-corrected chi connectivity index (χ3v) is 3.53. The van der Waals surface area contributed by atoms with Gasteiger partial charge in [0.15, 0.2) is 0 Å². The molecule has 1 unspecified atom stereocenters. The zero-order chi connectivity index (χ0) is 15.8. The minimum atomic E-state index is -0.169. The molecule has 0 radical (unpaired) electrons. The standard InChI is InChI=1S/C16H26N2O3/c1-12(2)14(17-16(20)18(3)9-10-19)11-13-7-5-6-8-15(13)21-4/h5-8,12,14,19H,9-11H2,1-4H3,(H,17,20). The first kappa shape index (κ1) is 17.3. The Morgan fingerprint density at radius 3 is 2.62 bits per heavy atom. The zero-order valence-corrected chi connectivity index (χ0v) is 13.3. The monoisotopic (exact) mass is 294 g/mol. The molecule has 5 nitrogen and oxygen atoms in total. The van der Waals surface area contributed by atoms with Crippen LogP contribution in [0.3, 0.4) is 0 Å². The summed E-state index contributed by atoms with van der Waals surface area (Å²) in [6, 6.07) is 7.67. The Morgan fingerprint density at radius 2 is 2.05 bits per heavy atom. The first-order valence-electron chi connectivity index (χ1n) is 7.24. The Balaban J connectivity index is 2.76. The first-order valence-corrected chi connectivity index (χ1v) is 7.24. The summed E-state index contributed by atoms with van der Waals surface area (Å²) in [6.45, 7) is 4.44. The molecule has 2 N–H and O–H groups in total. The fourth-order valence-electron chi connectivity index (χ4n) is 2.08. The summed E-state index contributed by atoms with van der Waals surface area (Å²) in [5.74, 6) is 1.13. The zero-order valence-electron chi connectivity index (χ0n) is 13.3. The molecule has 0 heterocycles. The molecule has 0 aliphatic heterocycles. The summed E-state index contributed by atoms with van der Waals surface area (Å²) >= 11 is 0. The van der Waals surface area contributed by atoms with Crippen LogP contribution in [0.2, 0.25) is 0 Å². The van der Waals surface area contributed by atoms with E-state index in [2.05, 4.69) is 19.2 Å². The van der Waals surface area contributed by atoms with E-state index in [1.54, 1.807) is 14.2 Å². The van der Waals surface area contributed by atoms with Crippen molar-refractivity contribution in [1.29, 1.82) is 0 Å². The Hall–Kier alpha value is -1.75. The van der Waals surface area contributed by atoms with Gasteiger partial charge in [-0.05, 0) is 24.0 Å². The number of hydrogen-bond acceptors (Lipinski definition) is 3. The van der Waals surface area contributed by atoms with Crippen LogP contribution in [0.15, 0.2) is 24.3 Å². The van der Waals surface area contributed by atoms with Crippen molar-refractivity contribution < 1.29 is 14.6 Å². The molecule has 0 aromatic heterocycles. The summed E-state index contributed by atoms with van der Waals surface area (Å²) in [5.41, 5.74) is 1.07. The van der Waals surface area contributed by atoms with Crippen LogP contribution in [0.25, 0.3) is 0 Å². The van der Waals surface area contributed by atoms with Gasteiger partial charge in [-0.3, -0.25) is 0 Å². The molecule has 1 atom stereocenters. The van der Waals surface area contributed by atoms with Crippen LogP contribution < -0.4 is 10.1 Å². The number of amides is 2. The Morgan fingerprint density at radius 1 is 1.38 bits per heavy atom. The summed E-state index contributed by atoms with van der Waals surface area (Å²) in [6.07, 6.45) is 0.709. The van der Waals surface area contributed by atoms with Crippen LogP contribution in [0.5, 0.6) is 5.75 Å². The predicted octanol–water partition coefficient (Wildman–Crippen LogP) is 1.90. The number of carbonyl (C=O) groups excluding carboxylic acids is 1. The molecular formula is C16H26N2O3. The molecule has 1 aromatic carbocycles. The minimum absolute atomic E-state index is 0.00921. The van der Waals surface area contributed by atoms with Crippen molar-refractivity contribution in [1.82, 2.24) is 10.2 Å². The van der Waals surface area contributed by atoms with Gasteiger partial charge >= 0.3 is 6.03 Å². The van der Waals surface area contributed by atoms with Crippen molar-refractivity contribution in [2.45, 2.75) is 26.3 Å². The van der Waals surface area contributed by atoms with Crippen LogP contribution in [0, 0.1) is 5.92 Å². The van der Waals surface area contributed by atoms with Crippen molar-refractivity contribution in [2.24, 2.45) is 5.92 Å². The number of aliphatic hydroxyl groups excluding tert-OH is 1. The van der Waals surface area contributed by atoms with Gasteiger partial charge in [0.25, 0.3) is 0 Å². The van der Waals surface area contributed by atoms with Gasteiger partial charge in [-0.15, -0.1) is 0 Å².